The summed E-state index contributed by atoms with van der Waals surface area (Å²) < 4.78 is 0. The van der Waals surface area contributed by atoms with Crippen LogP contribution in [-0.2, 0) is 0 Å². The Bertz CT molecular complexity index is 447. The topological polar surface area (TPSA) is 50.2 Å². The molecule has 1 aromatic heterocycles. The number of carbonyl (C=O) groups is 1. The van der Waals surface area contributed by atoms with Crippen molar-refractivity contribution in [2.45, 2.75) is 0 Å². The minimum atomic E-state index is 0.205. The number of hydrogen-bond acceptors (Lipinski definition) is 4. The van der Waals surface area contributed by atoms with Crippen LogP contribution in [-0.4, -0.2) is 16.4 Å². The third kappa shape index (κ3) is 1.52. The molecule has 2 aromatic rings. The number of aromatic nitrogens is 1. The molecule has 4 heteroatoms. The monoisotopic (exact) mass is 205 g/mol. The Hall–Kier alpha value is -1.68. The second-order valence-electron chi connectivity index (χ2n) is 2.73. The molecule has 0 aliphatic carbocycles. The number of aromatic hydroxyl groups is 1. The fourth-order valence-corrected chi connectivity index (χ4v) is 1.78. The molecule has 0 amide bonds. The number of rotatable bonds is 2. The van der Waals surface area contributed by atoms with Crippen LogP contribution in [0.3, 0.4) is 0 Å². The molecule has 0 spiro atoms. The summed E-state index contributed by atoms with van der Waals surface area (Å²) in [6.07, 6.45) is 0.792. The summed E-state index contributed by atoms with van der Waals surface area (Å²) >= 11 is 1.31. The maximum atomic E-state index is 10.6. The molecule has 1 heterocycles. The fraction of sp³-hybridized carbons (Fsp3) is 0. The first-order chi connectivity index (χ1) is 6.81. The molecule has 2 rings (SSSR count). The standard InChI is InChI=1S/C10H7NO2S/c12-5-9-10(11-6-14-9)7-1-3-8(13)4-2-7/h1-6,13H. The molecule has 1 N–H and O–H groups in total. The van der Waals surface area contributed by atoms with Crippen LogP contribution in [0.1, 0.15) is 9.67 Å². The van der Waals surface area contributed by atoms with Gasteiger partial charge < -0.3 is 5.11 Å². The number of thiazole rings is 1. The SMILES string of the molecule is O=Cc1scnc1-c1ccc(O)cc1. The first-order valence-electron chi connectivity index (χ1n) is 3.99. The Morgan fingerprint density at radius 1 is 1.29 bits per heavy atom. The van der Waals surface area contributed by atoms with Crippen molar-refractivity contribution in [2.24, 2.45) is 0 Å². The molecule has 14 heavy (non-hydrogen) atoms. The first-order valence-corrected chi connectivity index (χ1v) is 4.87. The van der Waals surface area contributed by atoms with Crippen molar-refractivity contribution < 1.29 is 9.90 Å². The van der Waals surface area contributed by atoms with Crippen molar-refractivity contribution in [2.75, 3.05) is 0 Å². The highest BCUT2D eigenvalue weighted by molar-refractivity contribution is 7.11. The minimum absolute atomic E-state index is 0.205. The predicted octanol–water partition coefficient (Wildman–Crippen LogP) is 2.33. The van der Waals surface area contributed by atoms with Crippen molar-refractivity contribution in [3.63, 3.8) is 0 Å². The number of carbonyl (C=O) groups excluding carboxylic acids is 1. The van der Waals surface area contributed by atoms with E-state index in [2.05, 4.69) is 4.98 Å². The lowest BCUT2D eigenvalue weighted by Crippen LogP contribution is -1.82. The average molecular weight is 205 g/mol. The summed E-state index contributed by atoms with van der Waals surface area (Å²) in [4.78, 5) is 15.3. The molecule has 0 saturated carbocycles. The van der Waals surface area contributed by atoms with Gasteiger partial charge in [-0.25, -0.2) is 4.98 Å². The maximum Gasteiger partial charge on any atom is 0.162 e. The Balaban J connectivity index is 2.49. The normalized spacial score (nSPS) is 10.0. The van der Waals surface area contributed by atoms with Crippen LogP contribution in [0, 0.1) is 0 Å². The van der Waals surface area contributed by atoms with E-state index in [1.165, 1.54) is 11.3 Å². The van der Waals surface area contributed by atoms with Gasteiger partial charge in [-0.3, -0.25) is 4.79 Å². The Morgan fingerprint density at radius 3 is 2.64 bits per heavy atom. The van der Waals surface area contributed by atoms with E-state index in [4.69, 9.17) is 5.11 Å². The van der Waals surface area contributed by atoms with Gasteiger partial charge in [0.15, 0.2) is 6.29 Å². The summed E-state index contributed by atoms with van der Waals surface area (Å²) in [5.41, 5.74) is 3.14. The van der Waals surface area contributed by atoms with Gasteiger partial charge in [-0.2, -0.15) is 0 Å². The highest BCUT2D eigenvalue weighted by Crippen LogP contribution is 2.25. The van der Waals surface area contributed by atoms with Crippen molar-refractivity contribution in [3.8, 4) is 17.0 Å². The van der Waals surface area contributed by atoms with Crippen LogP contribution >= 0.6 is 11.3 Å². The van der Waals surface area contributed by atoms with Gasteiger partial charge in [0.05, 0.1) is 16.1 Å². The molecule has 0 saturated heterocycles. The van der Waals surface area contributed by atoms with E-state index in [9.17, 15) is 4.79 Å². The van der Waals surface area contributed by atoms with Gasteiger partial charge in [-0.05, 0) is 24.3 Å². The quantitative estimate of drug-likeness (QED) is 0.765. The third-order valence-electron chi connectivity index (χ3n) is 1.84. The second-order valence-corrected chi connectivity index (χ2v) is 3.62. The van der Waals surface area contributed by atoms with E-state index in [-0.39, 0.29) is 5.75 Å². The van der Waals surface area contributed by atoms with Crippen LogP contribution in [0.2, 0.25) is 0 Å². The van der Waals surface area contributed by atoms with Crippen LogP contribution < -0.4 is 0 Å². The average Bonchev–Trinajstić information content (AvgIpc) is 2.67. The molecule has 0 atom stereocenters. The Labute approximate surface area is 84.7 Å². The first kappa shape index (κ1) is 8.90. The van der Waals surface area contributed by atoms with E-state index in [0.29, 0.717) is 10.6 Å². The number of aldehydes is 1. The minimum Gasteiger partial charge on any atom is -0.508 e. The summed E-state index contributed by atoms with van der Waals surface area (Å²) in [6.45, 7) is 0. The molecule has 0 fully saturated rings. The highest BCUT2D eigenvalue weighted by atomic mass is 32.1. The Kier molecular flexibility index (Phi) is 2.28. The van der Waals surface area contributed by atoms with E-state index in [1.807, 2.05) is 0 Å². The predicted molar refractivity (Wildman–Crippen MR) is 54.6 cm³/mol. The highest BCUT2D eigenvalue weighted by Gasteiger charge is 2.06. The lowest BCUT2D eigenvalue weighted by Gasteiger charge is -1.97. The van der Waals surface area contributed by atoms with Gasteiger partial charge in [0.2, 0.25) is 0 Å². The second kappa shape index (κ2) is 3.59. The molecule has 0 aliphatic heterocycles. The van der Waals surface area contributed by atoms with Gasteiger partial charge in [-0.15, -0.1) is 11.3 Å². The molecule has 70 valence electrons. The van der Waals surface area contributed by atoms with Crippen molar-refractivity contribution in [1.82, 2.24) is 4.98 Å². The third-order valence-corrected chi connectivity index (χ3v) is 2.60. The largest absolute Gasteiger partial charge is 0.508 e. The number of hydrogen-bond donors (Lipinski definition) is 1. The molecule has 0 aliphatic rings. The van der Waals surface area contributed by atoms with Crippen molar-refractivity contribution >= 4 is 17.6 Å². The molecular weight excluding hydrogens is 198 g/mol. The molecule has 0 unspecified atom stereocenters. The van der Waals surface area contributed by atoms with Crippen LogP contribution in [0.4, 0.5) is 0 Å². The zero-order valence-corrected chi connectivity index (χ0v) is 7.99. The van der Waals surface area contributed by atoms with Crippen LogP contribution in [0.5, 0.6) is 5.75 Å². The van der Waals surface area contributed by atoms with E-state index < -0.39 is 0 Å². The van der Waals surface area contributed by atoms with Gasteiger partial charge in [0.1, 0.15) is 5.75 Å². The number of nitrogens with zero attached hydrogens (tertiary/aromatic N) is 1. The van der Waals surface area contributed by atoms with Gasteiger partial charge in [0.25, 0.3) is 0 Å². The molecule has 0 radical (unpaired) electrons. The van der Waals surface area contributed by atoms with Crippen LogP contribution in [0.15, 0.2) is 29.8 Å². The fourth-order valence-electron chi connectivity index (χ4n) is 1.17. The van der Waals surface area contributed by atoms with E-state index in [1.54, 1.807) is 29.8 Å². The number of benzene rings is 1. The smallest absolute Gasteiger partial charge is 0.162 e. The molecule has 0 bridgehead atoms. The lowest BCUT2D eigenvalue weighted by molar-refractivity contribution is 0.112. The Morgan fingerprint density at radius 2 is 2.00 bits per heavy atom. The van der Waals surface area contributed by atoms with Gasteiger partial charge >= 0.3 is 0 Å². The molecule has 3 nitrogen and oxygen atoms in total. The number of phenolic OH excluding ortho intramolecular Hbond substituents is 1. The maximum absolute atomic E-state index is 10.6. The summed E-state index contributed by atoms with van der Waals surface area (Å²) in [7, 11) is 0. The summed E-state index contributed by atoms with van der Waals surface area (Å²) in [6, 6.07) is 6.61. The van der Waals surface area contributed by atoms with Crippen molar-refractivity contribution in [3.05, 3.63) is 34.7 Å². The van der Waals surface area contributed by atoms with Crippen molar-refractivity contribution in [1.29, 1.82) is 0 Å². The van der Waals surface area contributed by atoms with Gasteiger partial charge in [0, 0.05) is 5.56 Å². The summed E-state index contributed by atoms with van der Waals surface area (Å²) in [5.74, 6) is 0.205. The lowest BCUT2D eigenvalue weighted by atomic mass is 10.1. The number of phenols is 1. The van der Waals surface area contributed by atoms with E-state index >= 15 is 0 Å². The van der Waals surface area contributed by atoms with Crippen LogP contribution in [0.25, 0.3) is 11.3 Å². The zero-order chi connectivity index (χ0) is 9.97. The molecular formula is C10H7NO2S. The molecule has 1 aromatic carbocycles. The van der Waals surface area contributed by atoms with E-state index in [0.717, 1.165) is 11.8 Å². The summed E-state index contributed by atoms with van der Waals surface area (Å²) in [5, 5.41) is 9.09. The zero-order valence-electron chi connectivity index (χ0n) is 7.18. The van der Waals surface area contributed by atoms with Gasteiger partial charge in [-0.1, -0.05) is 0 Å².